The highest BCUT2D eigenvalue weighted by atomic mass is 19.4. The summed E-state index contributed by atoms with van der Waals surface area (Å²) >= 11 is 0. The molecule has 0 amide bonds. The monoisotopic (exact) mass is 504 g/mol. The van der Waals surface area contributed by atoms with Crippen molar-refractivity contribution >= 4 is 0 Å². The van der Waals surface area contributed by atoms with Crippen LogP contribution in [0.1, 0.15) is 103 Å². The second-order valence-corrected chi connectivity index (χ2v) is 11.9. The van der Waals surface area contributed by atoms with Crippen LogP contribution in [0.4, 0.5) is 13.2 Å². The van der Waals surface area contributed by atoms with Crippen molar-refractivity contribution in [3.8, 4) is 0 Å². The summed E-state index contributed by atoms with van der Waals surface area (Å²) in [6.45, 7) is 0.750. The predicted octanol–water partition coefficient (Wildman–Crippen LogP) is 4.84. The van der Waals surface area contributed by atoms with Crippen LogP contribution in [0.3, 0.4) is 0 Å². The molecule has 5 aliphatic rings. The van der Waals surface area contributed by atoms with Crippen LogP contribution in [-0.4, -0.2) is 65.5 Å². The summed E-state index contributed by atoms with van der Waals surface area (Å²) in [4.78, 5) is 0. The normalized spacial score (nSPS) is 42.3. The molecule has 0 aromatic heterocycles. The molecule has 4 N–H and O–H groups in total. The molecule has 4 aliphatic carbocycles. The molecule has 1 aliphatic heterocycles. The third kappa shape index (κ3) is 6.92. The molecule has 0 radical (unpaired) electrons. The molecule has 0 bridgehead atoms. The molecule has 5 fully saturated rings. The van der Waals surface area contributed by atoms with E-state index in [2.05, 4.69) is 10.6 Å². The van der Waals surface area contributed by atoms with E-state index in [4.69, 9.17) is 4.74 Å². The quantitative estimate of drug-likeness (QED) is 0.441. The van der Waals surface area contributed by atoms with Gasteiger partial charge in [-0.05, 0) is 76.0 Å². The predicted molar refractivity (Wildman–Crippen MR) is 130 cm³/mol. The van der Waals surface area contributed by atoms with Crippen molar-refractivity contribution in [1.29, 1.82) is 0 Å². The third-order valence-electron chi connectivity index (χ3n) is 9.62. The molecule has 0 aromatic rings. The molecule has 0 aromatic carbocycles. The van der Waals surface area contributed by atoms with Crippen molar-refractivity contribution in [1.82, 2.24) is 10.6 Å². The first-order valence-electron chi connectivity index (χ1n) is 14.3. The molecular weight excluding hydrogens is 457 g/mol. The van der Waals surface area contributed by atoms with Crippen molar-refractivity contribution in [3.63, 3.8) is 0 Å². The highest BCUT2D eigenvalue weighted by Crippen LogP contribution is 2.45. The average Bonchev–Trinajstić information content (AvgIpc) is 2.83. The maximum Gasteiger partial charge on any atom is 0.401 e. The fourth-order valence-corrected chi connectivity index (χ4v) is 7.75. The molecule has 5 nitrogen and oxygen atoms in total. The fraction of sp³-hybridized carbons (Fsp3) is 1.00. The molecule has 3 unspecified atom stereocenters. The minimum Gasteiger partial charge on any atom is -0.388 e. The van der Waals surface area contributed by atoms with Gasteiger partial charge in [0.2, 0.25) is 0 Å². The second-order valence-electron chi connectivity index (χ2n) is 11.9. The van der Waals surface area contributed by atoms with Crippen molar-refractivity contribution < 1.29 is 28.1 Å². The lowest BCUT2D eigenvalue weighted by Gasteiger charge is -2.50. The van der Waals surface area contributed by atoms with Gasteiger partial charge in [-0.3, -0.25) is 0 Å². The number of nitrogens with one attached hydrogen (secondary N) is 2. The first-order chi connectivity index (χ1) is 16.7. The van der Waals surface area contributed by atoms with Crippen LogP contribution < -0.4 is 10.6 Å². The number of aliphatic hydroxyl groups is 2. The van der Waals surface area contributed by atoms with Gasteiger partial charge in [-0.1, -0.05) is 38.5 Å². The Morgan fingerprint density at radius 2 is 1.29 bits per heavy atom. The van der Waals surface area contributed by atoms with Gasteiger partial charge in [0.25, 0.3) is 0 Å². The zero-order chi connectivity index (χ0) is 24.9. The molecule has 35 heavy (non-hydrogen) atoms. The van der Waals surface area contributed by atoms with Crippen LogP contribution in [0, 0.1) is 11.8 Å². The van der Waals surface area contributed by atoms with Gasteiger partial charge in [-0.25, -0.2) is 0 Å². The SMILES string of the molecule is O[C@]12CCCC[C@@H]1CCCC2NC1CCCOC1.O[C@]12CCCC[C@@H]1CCCC2NCC(F)(F)F. The van der Waals surface area contributed by atoms with Gasteiger partial charge in [-0.2, -0.15) is 13.2 Å². The lowest BCUT2D eigenvalue weighted by Crippen LogP contribution is -2.61. The summed E-state index contributed by atoms with van der Waals surface area (Å²) in [5, 5.41) is 27.9. The first kappa shape index (κ1) is 27.6. The van der Waals surface area contributed by atoms with E-state index in [9.17, 15) is 23.4 Å². The zero-order valence-electron chi connectivity index (χ0n) is 21.3. The van der Waals surface area contributed by atoms with Gasteiger partial charge in [0.15, 0.2) is 0 Å². The Morgan fingerprint density at radius 1 is 0.714 bits per heavy atom. The van der Waals surface area contributed by atoms with Crippen molar-refractivity contribution in [2.75, 3.05) is 19.8 Å². The van der Waals surface area contributed by atoms with Gasteiger partial charge < -0.3 is 25.6 Å². The largest absolute Gasteiger partial charge is 0.401 e. The van der Waals surface area contributed by atoms with Gasteiger partial charge >= 0.3 is 6.18 Å². The van der Waals surface area contributed by atoms with E-state index in [1.54, 1.807) is 0 Å². The number of rotatable bonds is 4. The van der Waals surface area contributed by atoms with Gasteiger partial charge in [0, 0.05) is 24.7 Å². The summed E-state index contributed by atoms with van der Waals surface area (Å²) in [5.74, 6) is 0.734. The minimum atomic E-state index is -4.20. The van der Waals surface area contributed by atoms with E-state index in [1.807, 2.05) is 0 Å². The number of alkyl halides is 3. The van der Waals surface area contributed by atoms with Crippen molar-refractivity contribution in [3.05, 3.63) is 0 Å². The van der Waals surface area contributed by atoms with Crippen molar-refractivity contribution in [2.45, 2.75) is 138 Å². The molecule has 5 rings (SSSR count). The Hall–Kier alpha value is -0.410. The lowest BCUT2D eigenvalue weighted by molar-refractivity contribution is -0.141. The van der Waals surface area contributed by atoms with E-state index >= 15 is 0 Å². The molecule has 204 valence electrons. The van der Waals surface area contributed by atoms with Gasteiger partial charge in [0.05, 0.1) is 24.4 Å². The van der Waals surface area contributed by atoms with E-state index in [1.165, 1.54) is 38.5 Å². The summed E-state index contributed by atoms with van der Waals surface area (Å²) in [7, 11) is 0. The van der Waals surface area contributed by atoms with E-state index < -0.39 is 23.9 Å². The van der Waals surface area contributed by atoms with Gasteiger partial charge in [-0.15, -0.1) is 0 Å². The molecule has 7 atom stereocenters. The van der Waals surface area contributed by atoms with Crippen LogP contribution in [0.2, 0.25) is 0 Å². The van der Waals surface area contributed by atoms with Crippen LogP contribution in [0.5, 0.6) is 0 Å². The van der Waals surface area contributed by atoms with E-state index in [-0.39, 0.29) is 12.0 Å². The van der Waals surface area contributed by atoms with Crippen LogP contribution >= 0.6 is 0 Å². The number of hydrogen-bond donors (Lipinski definition) is 4. The van der Waals surface area contributed by atoms with E-state index in [0.717, 1.165) is 64.6 Å². The smallest absolute Gasteiger partial charge is 0.388 e. The third-order valence-corrected chi connectivity index (χ3v) is 9.62. The number of fused-ring (bicyclic) bond motifs is 2. The molecule has 1 heterocycles. The van der Waals surface area contributed by atoms with E-state index in [0.29, 0.717) is 30.8 Å². The molecule has 1 saturated heterocycles. The highest BCUT2D eigenvalue weighted by Gasteiger charge is 2.49. The standard InChI is InChI=1S/C15H27NO2.C12H20F3NO/c17-15-9-2-1-5-12(15)6-3-8-14(15)16-13-7-4-10-18-11-13;13-12(14,15)8-16-10-6-3-5-9-4-1-2-7-11(9,10)17/h12-14,16-17H,1-11H2;9-10,16-17H,1-8H2/t12-,13?,14?,15-;9-,10?,11-/m11/s1. The Bertz CT molecular complexity index is 656. The Balaban J connectivity index is 0.000000165. The highest BCUT2D eigenvalue weighted by molar-refractivity contribution is 5.03. The number of halogens is 3. The van der Waals surface area contributed by atoms with Crippen LogP contribution in [0.15, 0.2) is 0 Å². The maximum absolute atomic E-state index is 12.2. The molecule has 8 heteroatoms. The Morgan fingerprint density at radius 3 is 1.86 bits per heavy atom. The zero-order valence-corrected chi connectivity index (χ0v) is 21.3. The maximum atomic E-state index is 12.2. The van der Waals surface area contributed by atoms with Gasteiger partial charge in [0.1, 0.15) is 0 Å². The number of hydrogen-bond acceptors (Lipinski definition) is 5. The van der Waals surface area contributed by atoms with Crippen molar-refractivity contribution in [2.24, 2.45) is 11.8 Å². The summed E-state index contributed by atoms with van der Waals surface area (Å²) < 4.78 is 42.2. The Kier molecular flexibility index (Phi) is 9.45. The summed E-state index contributed by atoms with van der Waals surface area (Å²) in [6.07, 6.45) is 12.7. The van der Waals surface area contributed by atoms with Crippen LogP contribution in [0.25, 0.3) is 0 Å². The topological polar surface area (TPSA) is 73.8 Å². The molecular formula is C27H47F3N2O3. The summed E-state index contributed by atoms with van der Waals surface area (Å²) in [6, 6.07) is 0.389. The average molecular weight is 505 g/mol. The molecule has 4 saturated carbocycles. The number of ether oxygens (including phenoxy) is 1. The fourth-order valence-electron chi connectivity index (χ4n) is 7.75. The first-order valence-corrected chi connectivity index (χ1v) is 14.3. The van der Waals surface area contributed by atoms with Crippen LogP contribution in [-0.2, 0) is 4.74 Å². The summed E-state index contributed by atoms with van der Waals surface area (Å²) in [5.41, 5.74) is -1.32. The minimum absolute atomic E-state index is 0.190. The Labute approximate surface area is 209 Å². The second kappa shape index (κ2) is 12.0. The molecule has 0 spiro atoms. The lowest BCUT2D eigenvalue weighted by atomic mass is 9.64.